The molecular weight excluding hydrogens is 286 g/mol. The third-order valence-corrected chi connectivity index (χ3v) is 4.74. The van der Waals surface area contributed by atoms with Gasteiger partial charge in [0.1, 0.15) is 5.78 Å². The van der Waals surface area contributed by atoms with E-state index in [0.29, 0.717) is 18.0 Å². The number of Topliss-reactive ketones (excluding diaryl/α,β-unsaturated/α-hetero) is 1. The predicted octanol–water partition coefficient (Wildman–Crippen LogP) is 4.83. The minimum atomic E-state index is 0.214. The summed E-state index contributed by atoms with van der Waals surface area (Å²) in [6, 6.07) is 0. The van der Waals surface area contributed by atoms with Gasteiger partial charge < -0.3 is 9.64 Å². The van der Waals surface area contributed by atoms with E-state index in [9.17, 15) is 4.79 Å². The second-order valence-electron chi connectivity index (χ2n) is 7.74. The lowest BCUT2D eigenvalue weighted by molar-refractivity contribution is -0.122. The lowest BCUT2D eigenvalue weighted by Gasteiger charge is -2.17. The van der Waals surface area contributed by atoms with Crippen molar-refractivity contribution in [2.45, 2.75) is 97.7 Å². The van der Waals surface area contributed by atoms with Gasteiger partial charge in [0.25, 0.3) is 0 Å². The van der Waals surface area contributed by atoms with Crippen molar-refractivity contribution in [1.82, 2.24) is 4.90 Å². The Hall–Kier alpha value is -0.410. The zero-order valence-electron chi connectivity index (χ0n) is 16.0. The van der Waals surface area contributed by atoms with Crippen LogP contribution in [0.1, 0.15) is 85.5 Å². The third-order valence-electron chi connectivity index (χ3n) is 4.74. The van der Waals surface area contributed by atoms with Crippen LogP contribution in [0, 0.1) is 5.92 Å². The molecule has 1 atom stereocenters. The molecule has 1 aliphatic rings. The molecule has 136 valence electrons. The highest BCUT2D eigenvalue weighted by atomic mass is 16.5. The van der Waals surface area contributed by atoms with Crippen LogP contribution in [-0.4, -0.2) is 42.5 Å². The maximum Gasteiger partial charge on any atom is 0.135 e. The van der Waals surface area contributed by atoms with Gasteiger partial charge in [-0.2, -0.15) is 0 Å². The third kappa shape index (κ3) is 10.1. The second kappa shape index (κ2) is 12.0. The summed E-state index contributed by atoms with van der Waals surface area (Å²) in [4.78, 5) is 14.1. The van der Waals surface area contributed by atoms with Gasteiger partial charge in [-0.15, -0.1) is 0 Å². The maximum atomic E-state index is 11.5. The van der Waals surface area contributed by atoms with Gasteiger partial charge in [-0.25, -0.2) is 0 Å². The van der Waals surface area contributed by atoms with Crippen molar-refractivity contribution in [3.05, 3.63) is 0 Å². The molecule has 1 heterocycles. The fraction of sp³-hybridized carbons (Fsp3) is 0.950. The number of likely N-dealkylation sites (tertiary alicyclic amines) is 1. The fourth-order valence-electron chi connectivity index (χ4n) is 3.30. The number of unbranched alkanes of at least 4 members (excludes halogenated alkanes) is 6. The van der Waals surface area contributed by atoms with Gasteiger partial charge in [-0.1, -0.05) is 46.0 Å². The fourth-order valence-corrected chi connectivity index (χ4v) is 3.30. The van der Waals surface area contributed by atoms with Crippen LogP contribution in [-0.2, 0) is 9.53 Å². The number of nitrogens with zero attached hydrogens (tertiary/aromatic N) is 1. The summed E-state index contributed by atoms with van der Waals surface area (Å²) in [5, 5.41) is 0. The first-order valence-electron chi connectivity index (χ1n) is 9.89. The molecule has 0 unspecified atom stereocenters. The minimum Gasteiger partial charge on any atom is -0.374 e. The Morgan fingerprint density at radius 3 is 2.22 bits per heavy atom. The smallest absolute Gasteiger partial charge is 0.135 e. The van der Waals surface area contributed by atoms with Crippen molar-refractivity contribution in [2.24, 2.45) is 5.92 Å². The monoisotopic (exact) mass is 325 g/mol. The Balaban J connectivity index is 1.86. The molecule has 23 heavy (non-hydrogen) atoms. The van der Waals surface area contributed by atoms with Crippen molar-refractivity contribution in [3.8, 4) is 0 Å². The van der Waals surface area contributed by atoms with E-state index < -0.39 is 0 Å². The molecule has 0 aromatic carbocycles. The lowest BCUT2D eigenvalue weighted by Crippen LogP contribution is -2.25. The molecule has 3 nitrogen and oxygen atoms in total. The molecule has 3 heteroatoms. The minimum absolute atomic E-state index is 0.214. The highest BCUT2D eigenvalue weighted by molar-refractivity contribution is 5.80. The van der Waals surface area contributed by atoms with Crippen molar-refractivity contribution in [2.75, 3.05) is 19.6 Å². The maximum absolute atomic E-state index is 11.5. The number of carbonyl (C=O) groups excluding carboxylic acids is 1. The largest absolute Gasteiger partial charge is 0.374 e. The quantitative estimate of drug-likeness (QED) is 0.454. The van der Waals surface area contributed by atoms with Gasteiger partial charge >= 0.3 is 0 Å². The molecule has 1 rings (SSSR count). The van der Waals surface area contributed by atoms with E-state index in [4.69, 9.17) is 4.74 Å². The highest BCUT2D eigenvalue weighted by Crippen LogP contribution is 2.16. The molecule has 0 spiro atoms. The van der Waals surface area contributed by atoms with Crippen LogP contribution < -0.4 is 0 Å². The topological polar surface area (TPSA) is 29.5 Å². The zero-order valence-corrected chi connectivity index (χ0v) is 16.0. The molecule has 1 fully saturated rings. The van der Waals surface area contributed by atoms with Crippen molar-refractivity contribution in [3.63, 3.8) is 0 Å². The summed E-state index contributed by atoms with van der Waals surface area (Å²) >= 11 is 0. The van der Waals surface area contributed by atoms with Crippen LogP contribution in [0.25, 0.3) is 0 Å². The molecule has 0 aliphatic carbocycles. The Bertz CT molecular complexity index is 315. The number of ketones is 1. The van der Waals surface area contributed by atoms with Crippen LogP contribution in [0.15, 0.2) is 0 Å². The molecule has 0 amide bonds. The van der Waals surface area contributed by atoms with E-state index in [1.165, 1.54) is 58.0 Å². The molecule has 1 saturated heterocycles. The number of carbonyl (C=O) groups is 1. The van der Waals surface area contributed by atoms with Crippen LogP contribution in [0.3, 0.4) is 0 Å². The van der Waals surface area contributed by atoms with E-state index >= 15 is 0 Å². The molecule has 0 aromatic heterocycles. The van der Waals surface area contributed by atoms with Crippen molar-refractivity contribution < 1.29 is 9.53 Å². The molecular formula is C20H39NO2. The first-order chi connectivity index (χ1) is 11.0. The van der Waals surface area contributed by atoms with Crippen molar-refractivity contribution >= 4 is 5.78 Å². The van der Waals surface area contributed by atoms with Crippen LogP contribution in [0.4, 0.5) is 0 Å². The Morgan fingerprint density at radius 1 is 1.00 bits per heavy atom. The Labute approximate surface area is 144 Å². The van der Waals surface area contributed by atoms with Crippen molar-refractivity contribution in [1.29, 1.82) is 0 Å². The Kier molecular flexibility index (Phi) is 10.8. The predicted molar refractivity (Wildman–Crippen MR) is 97.8 cm³/mol. The molecule has 0 N–H and O–H groups in total. The lowest BCUT2D eigenvalue weighted by atomic mass is 10.0. The van der Waals surface area contributed by atoms with Gasteiger partial charge in [0.2, 0.25) is 0 Å². The molecule has 0 saturated carbocycles. The van der Waals surface area contributed by atoms with E-state index in [0.717, 1.165) is 19.4 Å². The average Bonchev–Trinajstić information content (AvgIpc) is 2.91. The number of ether oxygens (including phenoxy) is 1. The summed E-state index contributed by atoms with van der Waals surface area (Å²) in [5.74, 6) is 0.640. The number of hydrogen-bond acceptors (Lipinski definition) is 3. The summed E-state index contributed by atoms with van der Waals surface area (Å²) in [6.07, 6.45) is 11.7. The van der Waals surface area contributed by atoms with E-state index in [-0.39, 0.29) is 5.92 Å². The van der Waals surface area contributed by atoms with Crippen LogP contribution in [0.2, 0.25) is 0 Å². The van der Waals surface area contributed by atoms with E-state index in [2.05, 4.69) is 18.7 Å². The zero-order chi connectivity index (χ0) is 17.1. The molecule has 1 aliphatic heterocycles. The van der Waals surface area contributed by atoms with Crippen LogP contribution in [0.5, 0.6) is 0 Å². The highest BCUT2D eigenvalue weighted by Gasteiger charge is 2.22. The number of rotatable bonds is 13. The van der Waals surface area contributed by atoms with Gasteiger partial charge in [0, 0.05) is 25.4 Å². The molecule has 0 radical (unpaired) electrons. The SMILES string of the molecule is CC(C)O[C@H]1CCN(CCCCCCCCCC(=O)C(C)C)C1. The number of hydrogen-bond donors (Lipinski definition) is 0. The first-order valence-corrected chi connectivity index (χ1v) is 9.89. The van der Waals surface area contributed by atoms with Gasteiger partial charge in [0.05, 0.1) is 12.2 Å². The second-order valence-corrected chi connectivity index (χ2v) is 7.74. The standard InChI is InChI=1S/C20H39NO2/c1-17(2)20(22)12-10-8-6-5-7-9-11-14-21-15-13-19(16-21)23-18(3)4/h17-19H,5-16H2,1-4H3/t19-/m0/s1. The van der Waals surface area contributed by atoms with Crippen LogP contribution >= 0.6 is 0 Å². The molecule has 0 bridgehead atoms. The summed E-state index contributed by atoms with van der Waals surface area (Å²) in [5.41, 5.74) is 0. The molecule has 0 aromatic rings. The van der Waals surface area contributed by atoms with Gasteiger partial charge in [-0.3, -0.25) is 4.79 Å². The summed E-state index contributed by atoms with van der Waals surface area (Å²) in [6.45, 7) is 11.8. The summed E-state index contributed by atoms with van der Waals surface area (Å²) in [7, 11) is 0. The normalized spacial score (nSPS) is 19.1. The van der Waals surface area contributed by atoms with E-state index in [1.54, 1.807) is 0 Å². The summed E-state index contributed by atoms with van der Waals surface area (Å²) < 4.78 is 5.89. The van der Waals surface area contributed by atoms with Gasteiger partial charge in [0.15, 0.2) is 0 Å². The first kappa shape index (κ1) is 20.6. The van der Waals surface area contributed by atoms with E-state index in [1.807, 2.05) is 13.8 Å². The van der Waals surface area contributed by atoms with Gasteiger partial charge in [-0.05, 0) is 39.7 Å². The average molecular weight is 326 g/mol. The Morgan fingerprint density at radius 2 is 1.61 bits per heavy atom.